The number of methoxy groups -OCH3 is 1. The molecule has 0 bridgehead atoms. The molecule has 0 fully saturated rings. The number of hydrogen-bond acceptors (Lipinski definition) is 3. The average molecular weight is 238 g/mol. The van der Waals surface area contributed by atoms with Gasteiger partial charge in [-0.15, -0.1) is 0 Å². The maximum atomic E-state index is 13.6. The Balaban J connectivity index is 2.34. The number of aliphatic hydroxyl groups excluding tert-OH is 1. The monoisotopic (exact) mass is 238 g/mol. The van der Waals surface area contributed by atoms with Crippen LogP contribution in [-0.2, 0) is 0 Å². The molecule has 0 amide bonds. The van der Waals surface area contributed by atoms with Crippen LogP contribution in [-0.4, -0.2) is 12.2 Å². The fraction of sp³-hybridized carbons (Fsp3) is 0.167. The summed E-state index contributed by atoms with van der Waals surface area (Å²) in [6, 6.07) is 6.22. The number of aliphatic hydroxyl groups is 1. The van der Waals surface area contributed by atoms with Crippen LogP contribution in [0.3, 0.4) is 0 Å². The lowest BCUT2D eigenvalue weighted by atomic mass is 10.0. The summed E-state index contributed by atoms with van der Waals surface area (Å²) in [4.78, 5) is 0. The summed E-state index contributed by atoms with van der Waals surface area (Å²) >= 11 is 1.47. The highest BCUT2D eigenvalue weighted by Crippen LogP contribution is 2.27. The van der Waals surface area contributed by atoms with E-state index in [0.717, 1.165) is 0 Å². The second-order valence-corrected chi connectivity index (χ2v) is 4.13. The Bertz CT molecular complexity index is 468. The fourth-order valence-corrected chi connectivity index (χ4v) is 2.15. The standard InChI is InChI=1S/C12H11FO2S/c1-15-9-2-3-10(11(13)6-9)12(14)8-4-5-16-7-8/h2-7,12,14H,1H3. The summed E-state index contributed by atoms with van der Waals surface area (Å²) in [5.41, 5.74) is 0.966. The maximum Gasteiger partial charge on any atom is 0.133 e. The molecule has 0 saturated carbocycles. The molecular weight excluding hydrogens is 227 g/mol. The van der Waals surface area contributed by atoms with Gasteiger partial charge < -0.3 is 9.84 Å². The summed E-state index contributed by atoms with van der Waals surface area (Å²) in [5.74, 6) is -0.0168. The first-order valence-electron chi connectivity index (χ1n) is 4.76. The molecule has 1 aromatic heterocycles. The van der Waals surface area contributed by atoms with Gasteiger partial charge in [0.2, 0.25) is 0 Å². The van der Waals surface area contributed by atoms with Crippen LogP contribution in [0.4, 0.5) is 4.39 Å². The molecule has 0 saturated heterocycles. The molecule has 16 heavy (non-hydrogen) atoms. The molecule has 2 nitrogen and oxygen atoms in total. The number of rotatable bonds is 3. The number of hydrogen-bond donors (Lipinski definition) is 1. The zero-order valence-electron chi connectivity index (χ0n) is 8.68. The number of halogens is 1. The van der Waals surface area contributed by atoms with Gasteiger partial charge in [0.25, 0.3) is 0 Å². The van der Waals surface area contributed by atoms with Crippen LogP contribution in [0, 0.1) is 5.82 Å². The summed E-state index contributed by atoms with van der Waals surface area (Å²) in [5, 5.41) is 13.6. The van der Waals surface area contributed by atoms with Gasteiger partial charge in [-0.3, -0.25) is 0 Å². The van der Waals surface area contributed by atoms with Gasteiger partial charge in [-0.2, -0.15) is 11.3 Å². The van der Waals surface area contributed by atoms with Crippen molar-refractivity contribution in [2.24, 2.45) is 0 Å². The van der Waals surface area contributed by atoms with E-state index in [1.807, 2.05) is 5.38 Å². The Morgan fingerprint density at radius 1 is 1.38 bits per heavy atom. The van der Waals surface area contributed by atoms with Crippen molar-refractivity contribution >= 4 is 11.3 Å². The van der Waals surface area contributed by atoms with Crippen molar-refractivity contribution in [2.75, 3.05) is 7.11 Å². The molecular formula is C12H11FO2S. The van der Waals surface area contributed by atoms with Gasteiger partial charge in [-0.25, -0.2) is 4.39 Å². The molecule has 4 heteroatoms. The van der Waals surface area contributed by atoms with E-state index in [9.17, 15) is 9.50 Å². The fourth-order valence-electron chi connectivity index (χ4n) is 1.47. The number of ether oxygens (including phenoxy) is 1. The molecule has 0 aliphatic rings. The van der Waals surface area contributed by atoms with E-state index in [1.54, 1.807) is 17.5 Å². The predicted octanol–water partition coefficient (Wildman–Crippen LogP) is 2.98. The molecule has 0 radical (unpaired) electrons. The normalized spacial score (nSPS) is 12.4. The van der Waals surface area contributed by atoms with E-state index >= 15 is 0 Å². The van der Waals surface area contributed by atoms with Crippen LogP contribution in [0.2, 0.25) is 0 Å². The molecule has 2 rings (SSSR count). The SMILES string of the molecule is COc1ccc(C(O)c2ccsc2)c(F)c1. The minimum atomic E-state index is -0.919. The highest BCUT2D eigenvalue weighted by Gasteiger charge is 2.15. The van der Waals surface area contributed by atoms with Gasteiger partial charge in [-0.05, 0) is 34.5 Å². The quantitative estimate of drug-likeness (QED) is 0.890. The lowest BCUT2D eigenvalue weighted by Crippen LogP contribution is -2.01. The van der Waals surface area contributed by atoms with Gasteiger partial charge in [0, 0.05) is 11.6 Å². The first-order valence-corrected chi connectivity index (χ1v) is 5.70. The molecule has 0 aliphatic heterocycles. The van der Waals surface area contributed by atoms with Crippen LogP contribution in [0.25, 0.3) is 0 Å². The smallest absolute Gasteiger partial charge is 0.133 e. The molecule has 84 valence electrons. The minimum Gasteiger partial charge on any atom is -0.497 e. The number of thiophene rings is 1. The zero-order valence-corrected chi connectivity index (χ0v) is 9.50. The Kier molecular flexibility index (Phi) is 3.22. The maximum absolute atomic E-state index is 13.6. The van der Waals surface area contributed by atoms with Crippen LogP contribution in [0.15, 0.2) is 35.0 Å². The second kappa shape index (κ2) is 4.63. The zero-order chi connectivity index (χ0) is 11.5. The highest BCUT2D eigenvalue weighted by atomic mass is 32.1. The predicted molar refractivity (Wildman–Crippen MR) is 61.3 cm³/mol. The van der Waals surface area contributed by atoms with E-state index in [1.165, 1.54) is 30.6 Å². The van der Waals surface area contributed by atoms with Crippen molar-refractivity contribution < 1.29 is 14.2 Å². The molecule has 1 heterocycles. The van der Waals surface area contributed by atoms with Gasteiger partial charge >= 0.3 is 0 Å². The van der Waals surface area contributed by atoms with Crippen molar-refractivity contribution in [3.63, 3.8) is 0 Å². The van der Waals surface area contributed by atoms with Gasteiger partial charge in [0.1, 0.15) is 17.7 Å². The molecule has 1 unspecified atom stereocenters. The summed E-state index contributed by atoms with van der Waals surface area (Å²) < 4.78 is 18.5. The van der Waals surface area contributed by atoms with E-state index in [4.69, 9.17) is 4.74 Å². The average Bonchev–Trinajstić information content (AvgIpc) is 2.81. The lowest BCUT2D eigenvalue weighted by Gasteiger charge is -2.11. The molecule has 0 aliphatic carbocycles. The number of benzene rings is 1. The van der Waals surface area contributed by atoms with Crippen LogP contribution >= 0.6 is 11.3 Å². The van der Waals surface area contributed by atoms with E-state index < -0.39 is 11.9 Å². The van der Waals surface area contributed by atoms with Crippen LogP contribution < -0.4 is 4.74 Å². The van der Waals surface area contributed by atoms with Crippen molar-refractivity contribution in [2.45, 2.75) is 6.10 Å². The van der Waals surface area contributed by atoms with E-state index in [0.29, 0.717) is 11.3 Å². The van der Waals surface area contributed by atoms with Crippen molar-refractivity contribution in [3.8, 4) is 5.75 Å². The van der Waals surface area contributed by atoms with Gasteiger partial charge in [0.15, 0.2) is 0 Å². The third kappa shape index (κ3) is 2.08. The third-order valence-electron chi connectivity index (χ3n) is 2.36. The highest BCUT2D eigenvalue weighted by molar-refractivity contribution is 7.07. The Morgan fingerprint density at radius 2 is 2.19 bits per heavy atom. The molecule has 1 atom stereocenters. The van der Waals surface area contributed by atoms with Crippen LogP contribution in [0.1, 0.15) is 17.2 Å². The molecule has 1 aromatic carbocycles. The molecule has 1 N–H and O–H groups in total. The summed E-state index contributed by atoms with van der Waals surface area (Å²) in [6.45, 7) is 0. The van der Waals surface area contributed by atoms with Crippen LogP contribution in [0.5, 0.6) is 5.75 Å². The second-order valence-electron chi connectivity index (χ2n) is 3.35. The van der Waals surface area contributed by atoms with Gasteiger partial charge in [0.05, 0.1) is 7.11 Å². The first kappa shape index (κ1) is 11.1. The largest absolute Gasteiger partial charge is 0.497 e. The van der Waals surface area contributed by atoms with Crippen molar-refractivity contribution in [1.82, 2.24) is 0 Å². The Morgan fingerprint density at radius 3 is 2.75 bits per heavy atom. The summed E-state index contributed by atoms with van der Waals surface area (Å²) in [6.07, 6.45) is -0.919. The third-order valence-corrected chi connectivity index (χ3v) is 3.06. The Hall–Kier alpha value is -1.39. The van der Waals surface area contributed by atoms with Gasteiger partial charge in [-0.1, -0.05) is 0 Å². The van der Waals surface area contributed by atoms with E-state index in [2.05, 4.69) is 0 Å². The first-order chi connectivity index (χ1) is 7.72. The lowest BCUT2D eigenvalue weighted by molar-refractivity contribution is 0.215. The van der Waals surface area contributed by atoms with Crippen molar-refractivity contribution in [1.29, 1.82) is 0 Å². The topological polar surface area (TPSA) is 29.5 Å². The Labute approximate surface area is 96.9 Å². The minimum absolute atomic E-state index is 0.263. The van der Waals surface area contributed by atoms with E-state index in [-0.39, 0.29) is 5.56 Å². The molecule has 2 aromatic rings. The van der Waals surface area contributed by atoms with Crippen molar-refractivity contribution in [3.05, 3.63) is 52.0 Å². The molecule has 0 spiro atoms. The summed E-state index contributed by atoms with van der Waals surface area (Å²) in [7, 11) is 1.48.